The summed E-state index contributed by atoms with van der Waals surface area (Å²) in [5.41, 5.74) is 0. The van der Waals surface area contributed by atoms with Crippen molar-refractivity contribution in [3.05, 3.63) is 10.0 Å². The highest BCUT2D eigenvalue weighted by Crippen LogP contribution is 2.31. The maximum absolute atomic E-state index is 8.82. The molecule has 92 valence electrons. The summed E-state index contributed by atoms with van der Waals surface area (Å²) >= 11 is 9.13. The standard InChI is InChI=1S/C11H14ClN3S2/c1-16-8-4-2-3-7(5-8)14-11-15-10(12)9(6-13)17-11/h7-8H,2-5H2,1H3,(H,14,15). The molecule has 1 saturated carbocycles. The molecule has 2 atom stereocenters. The molecule has 17 heavy (non-hydrogen) atoms. The lowest BCUT2D eigenvalue weighted by molar-refractivity contribution is 0.473. The van der Waals surface area contributed by atoms with Crippen LogP contribution in [0.1, 0.15) is 30.6 Å². The summed E-state index contributed by atoms with van der Waals surface area (Å²) in [5.74, 6) is 0. The molecule has 0 spiro atoms. The number of thiazole rings is 1. The van der Waals surface area contributed by atoms with Gasteiger partial charge >= 0.3 is 0 Å². The van der Waals surface area contributed by atoms with Crippen LogP contribution in [0.4, 0.5) is 5.13 Å². The Morgan fingerprint density at radius 1 is 1.59 bits per heavy atom. The van der Waals surface area contributed by atoms with Gasteiger partial charge < -0.3 is 5.32 Å². The van der Waals surface area contributed by atoms with Crippen LogP contribution in [-0.4, -0.2) is 22.5 Å². The summed E-state index contributed by atoms with van der Waals surface area (Å²) in [6.45, 7) is 0. The summed E-state index contributed by atoms with van der Waals surface area (Å²) in [7, 11) is 0. The van der Waals surface area contributed by atoms with Crippen molar-refractivity contribution >= 4 is 39.8 Å². The van der Waals surface area contributed by atoms with E-state index in [0.29, 0.717) is 16.1 Å². The van der Waals surface area contributed by atoms with Gasteiger partial charge in [-0.3, -0.25) is 0 Å². The van der Waals surface area contributed by atoms with Gasteiger partial charge in [-0.15, -0.1) is 0 Å². The fraction of sp³-hybridized carbons (Fsp3) is 0.636. The topological polar surface area (TPSA) is 48.7 Å². The van der Waals surface area contributed by atoms with Crippen LogP contribution >= 0.6 is 34.7 Å². The summed E-state index contributed by atoms with van der Waals surface area (Å²) in [6.07, 6.45) is 7.08. The number of hydrogen-bond acceptors (Lipinski definition) is 5. The molecule has 2 rings (SSSR count). The third-order valence-electron chi connectivity index (χ3n) is 2.97. The predicted octanol–water partition coefficient (Wildman–Crippen LogP) is 3.75. The Morgan fingerprint density at radius 3 is 3.06 bits per heavy atom. The molecule has 0 aromatic carbocycles. The molecule has 1 aromatic rings. The normalized spacial score (nSPS) is 24.3. The van der Waals surface area contributed by atoms with Gasteiger partial charge in [0.25, 0.3) is 0 Å². The van der Waals surface area contributed by atoms with Crippen LogP contribution < -0.4 is 5.32 Å². The van der Waals surface area contributed by atoms with Gasteiger partial charge in [0.2, 0.25) is 0 Å². The third kappa shape index (κ3) is 3.27. The number of nitrogens with one attached hydrogen (secondary N) is 1. The van der Waals surface area contributed by atoms with Crippen molar-refractivity contribution in [3.63, 3.8) is 0 Å². The molecular weight excluding hydrogens is 274 g/mol. The highest BCUT2D eigenvalue weighted by Gasteiger charge is 2.22. The number of nitrogens with zero attached hydrogens (tertiary/aromatic N) is 2. The number of anilines is 1. The summed E-state index contributed by atoms with van der Waals surface area (Å²) in [5, 5.41) is 14.1. The van der Waals surface area contributed by atoms with Gasteiger partial charge in [0.05, 0.1) is 0 Å². The number of rotatable bonds is 3. The summed E-state index contributed by atoms with van der Waals surface area (Å²) < 4.78 is 0. The Bertz CT molecular complexity index is 427. The SMILES string of the molecule is CSC1CCCC(Nc2nc(Cl)c(C#N)s2)C1. The summed E-state index contributed by atoms with van der Waals surface area (Å²) in [4.78, 5) is 4.66. The van der Waals surface area contributed by atoms with Gasteiger partial charge in [-0.1, -0.05) is 29.4 Å². The van der Waals surface area contributed by atoms with Crippen molar-refractivity contribution in [1.29, 1.82) is 5.26 Å². The van der Waals surface area contributed by atoms with E-state index in [2.05, 4.69) is 22.6 Å². The van der Waals surface area contributed by atoms with Crippen LogP contribution in [0.2, 0.25) is 5.15 Å². The molecule has 0 saturated heterocycles. The minimum absolute atomic E-state index is 0.317. The van der Waals surface area contributed by atoms with Gasteiger partial charge in [0, 0.05) is 11.3 Å². The zero-order valence-corrected chi connectivity index (χ0v) is 12.0. The molecule has 6 heteroatoms. The highest BCUT2D eigenvalue weighted by molar-refractivity contribution is 7.99. The lowest BCUT2D eigenvalue weighted by Crippen LogP contribution is -2.28. The smallest absolute Gasteiger partial charge is 0.185 e. The molecule has 2 unspecified atom stereocenters. The van der Waals surface area contributed by atoms with Gasteiger partial charge in [0.1, 0.15) is 10.9 Å². The number of thioether (sulfide) groups is 1. The van der Waals surface area contributed by atoms with Gasteiger partial charge in [0.15, 0.2) is 10.3 Å². The third-order valence-corrected chi connectivity index (χ3v) is 5.35. The van der Waals surface area contributed by atoms with Gasteiger partial charge in [-0.05, 0) is 25.5 Å². The molecule has 0 aliphatic heterocycles. The second-order valence-electron chi connectivity index (χ2n) is 4.12. The molecule has 1 fully saturated rings. The Balaban J connectivity index is 1.98. The van der Waals surface area contributed by atoms with Crippen molar-refractivity contribution < 1.29 is 0 Å². The second-order valence-corrected chi connectivity index (χ2v) is 6.61. The minimum atomic E-state index is 0.317. The minimum Gasteiger partial charge on any atom is -0.359 e. The Morgan fingerprint density at radius 2 is 2.41 bits per heavy atom. The van der Waals surface area contributed by atoms with E-state index < -0.39 is 0 Å². The van der Waals surface area contributed by atoms with E-state index in [4.69, 9.17) is 16.9 Å². The van der Waals surface area contributed by atoms with Crippen LogP contribution in [-0.2, 0) is 0 Å². The predicted molar refractivity (Wildman–Crippen MR) is 75.0 cm³/mol. The van der Waals surface area contributed by atoms with Crippen molar-refractivity contribution in [3.8, 4) is 6.07 Å². The molecule has 0 amide bonds. The number of aromatic nitrogens is 1. The van der Waals surface area contributed by atoms with E-state index in [1.165, 1.54) is 37.0 Å². The first kappa shape index (κ1) is 13.0. The van der Waals surface area contributed by atoms with E-state index in [1.807, 2.05) is 11.8 Å². The quantitative estimate of drug-likeness (QED) is 0.920. The van der Waals surface area contributed by atoms with Gasteiger partial charge in [-0.25, -0.2) is 4.98 Å². The Labute approximate surface area is 115 Å². The van der Waals surface area contributed by atoms with E-state index in [9.17, 15) is 0 Å². The lowest BCUT2D eigenvalue weighted by Gasteiger charge is -2.28. The van der Waals surface area contributed by atoms with Crippen molar-refractivity contribution in [2.24, 2.45) is 0 Å². The van der Waals surface area contributed by atoms with Crippen LogP contribution in [0.15, 0.2) is 0 Å². The van der Waals surface area contributed by atoms with Crippen molar-refractivity contribution in [1.82, 2.24) is 4.98 Å². The molecule has 1 N–H and O–H groups in total. The van der Waals surface area contributed by atoms with Crippen LogP contribution in [0.3, 0.4) is 0 Å². The number of halogens is 1. The molecule has 1 aromatic heterocycles. The lowest BCUT2D eigenvalue weighted by atomic mass is 9.95. The maximum Gasteiger partial charge on any atom is 0.185 e. The largest absolute Gasteiger partial charge is 0.359 e. The molecule has 0 radical (unpaired) electrons. The molecule has 1 heterocycles. The average molecular weight is 288 g/mol. The van der Waals surface area contributed by atoms with Crippen LogP contribution in [0.5, 0.6) is 0 Å². The van der Waals surface area contributed by atoms with Crippen molar-refractivity contribution in [2.45, 2.75) is 37.0 Å². The summed E-state index contributed by atoms with van der Waals surface area (Å²) in [6, 6.07) is 2.52. The van der Waals surface area contributed by atoms with E-state index in [-0.39, 0.29) is 0 Å². The number of nitriles is 1. The van der Waals surface area contributed by atoms with Crippen molar-refractivity contribution in [2.75, 3.05) is 11.6 Å². The molecular formula is C11H14ClN3S2. The van der Waals surface area contributed by atoms with Gasteiger partial charge in [-0.2, -0.15) is 17.0 Å². The molecule has 3 nitrogen and oxygen atoms in total. The van der Waals surface area contributed by atoms with Crippen LogP contribution in [0.25, 0.3) is 0 Å². The van der Waals surface area contributed by atoms with E-state index in [0.717, 1.165) is 10.4 Å². The van der Waals surface area contributed by atoms with E-state index in [1.54, 1.807) is 0 Å². The Kier molecular flexibility index (Phi) is 4.55. The molecule has 0 bridgehead atoms. The fourth-order valence-electron chi connectivity index (χ4n) is 2.10. The zero-order valence-electron chi connectivity index (χ0n) is 9.57. The maximum atomic E-state index is 8.82. The highest BCUT2D eigenvalue weighted by atomic mass is 35.5. The second kappa shape index (κ2) is 5.94. The first-order valence-corrected chi connectivity index (χ1v) is 8.07. The monoisotopic (exact) mass is 287 g/mol. The molecule has 1 aliphatic rings. The average Bonchev–Trinajstić information content (AvgIpc) is 2.69. The van der Waals surface area contributed by atoms with E-state index >= 15 is 0 Å². The Hall–Kier alpha value is -0.440. The number of hydrogen-bond donors (Lipinski definition) is 1. The zero-order chi connectivity index (χ0) is 12.3. The molecule has 1 aliphatic carbocycles. The fourth-order valence-corrected chi connectivity index (χ4v) is 3.95. The first-order chi connectivity index (χ1) is 8.22. The van der Waals surface area contributed by atoms with Crippen LogP contribution in [0, 0.1) is 11.3 Å². The first-order valence-electron chi connectivity index (χ1n) is 5.58.